The van der Waals surface area contributed by atoms with Gasteiger partial charge in [0, 0.05) is 12.4 Å². The van der Waals surface area contributed by atoms with E-state index in [2.05, 4.69) is 54.4 Å². The molecule has 1 aliphatic rings. The van der Waals surface area contributed by atoms with Crippen molar-refractivity contribution in [1.82, 2.24) is 9.55 Å². The quantitative estimate of drug-likeness (QED) is 0.490. The lowest BCUT2D eigenvalue weighted by Gasteiger charge is -2.31. The van der Waals surface area contributed by atoms with Crippen molar-refractivity contribution in [3.63, 3.8) is 0 Å². The molecule has 0 fully saturated rings. The summed E-state index contributed by atoms with van der Waals surface area (Å²) in [4.78, 5) is 17.3. The molecule has 1 aromatic carbocycles. The summed E-state index contributed by atoms with van der Waals surface area (Å²) in [5.74, 6) is 0.133. The number of benzene rings is 1. The van der Waals surface area contributed by atoms with Crippen molar-refractivity contribution in [2.75, 3.05) is 0 Å². The molecule has 142 valence electrons. The Bertz CT molecular complexity index is 774. The van der Waals surface area contributed by atoms with E-state index in [9.17, 15) is 4.79 Å². The molecule has 1 heterocycles. The Hall–Kier alpha value is -2.42. The molecule has 1 aliphatic carbocycles. The van der Waals surface area contributed by atoms with Crippen LogP contribution in [0.3, 0.4) is 0 Å². The molecule has 1 aromatic heterocycles. The van der Waals surface area contributed by atoms with Gasteiger partial charge in [-0.3, -0.25) is 9.36 Å². The maximum absolute atomic E-state index is 13.2. The number of hydrogen-bond acceptors (Lipinski definition) is 2. The minimum absolute atomic E-state index is 0.133. The Kier molecular flexibility index (Phi) is 6.80. The molecule has 0 aliphatic heterocycles. The van der Waals surface area contributed by atoms with Crippen molar-refractivity contribution in [2.24, 2.45) is 5.41 Å². The second kappa shape index (κ2) is 9.50. The standard InChI is InChI=1S/C24H30N2O/c1-2-3-4-5-6-10-15-24(23(27)26-19-18-25-20-26)16-13-22(14-17-24)21-11-8-7-9-12-21/h7-9,11-14,16,18-20H,2-6,10,15,17H2,1H3. The first-order valence-electron chi connectivity index (χ1n) is 10.2. The largest absolute Gasteiger partial charge is 0.276 e. The second-order valence-electron chi connectivity index (χ2n) is 7.51. The number of hydrogen-bond donors (Lipinski definition) is 0. The van der Waals surface area contributed by atoms with Crippen LogP contribution >= 0.6 is 0 Å². The van der Waals surface area contributed by atoms with Gasteiger partial charge in [0.05, 0.1) is 5.41 Å². The first-order chi connectivity index (χ1) is 13.2. The van der Waals surface area contributed by atoms with Crippen LogP contribution in [0, 0.1) is 5.41 Å². The molecule has 0 radical (unpaired) electrons. The Morgan fingerprint density at radius 1 is 1.11 bits per heavy atom. The van der Waals surface area contributed by atoms with Crippen LogP contribution in [-0.2, 0) is 0 Å². The van der Waals surface area contributed by atoms with Crippen LogP contribution in [0.2, 0.25) is 0 Å². The number of rotatable bonds is 9. The highest BCUT2D eigenvalue weighted by molar-refractivity contribution is 5.89. The second-order valence-corrected chi connectivity index (χ2v) is 7.51. The summed E-state index contributed by atoms with van der Waals surface area (Å²) in [6, 6.07) is 10.4. The lowest BCUT2D eigenvalue weighted by molar-refractivity contribution is 0.0745. The zero-order valence-corrected chi connectivity index (χ0v) is 16.3. The molecule has 2 aromatic rings. The zero-order chi connectivity index (χ0) is 19.0. The van der Waals surface area contributed by atoms with Crippen molar-refractivity contribution < 1.29 is 4.79 Å². The van der Waals surface area contributed by atoms with Gasteiger partial charge in [-0.05, 0) is 24.0 Å². The highest BCUT2D eigenvalue weighted by Crippen LogP contribution is 2.39. The van der Waals surface area contributed by atoms with Gasteiger partial charge in [0.25, 0.3) is 0 Å². The molecular formula is C24H30N2O. The van der Waals surface area contributed by atoms with Crippen LogP contribution in [0.5, 0.6) is 0 Å². The minimum atomic E-state index is -0.455. The van der Waals surface area contributed by atoms with Gasteiger partial charge in [-0.1, -0.05) is 94.0 Å². The third-order valence-corrected chi connectivity index (χ3v) is 5.52. The van der Waals surface area contributed by atoms with E-state index >= 15 is 0 Å². The van der Waals surface area contributed by atoms with Crippen LogP contribution in [0.25, 0.3) is 5.57 Å². The van der Waals surface area contributed by atoms with E-state index in [0.717, 1.165) is 19.3 Å². The van der Waals surface area contributed by atoms with Crippen LogP contribution in [0.1, 0.15) is 68.6 Å². The van der Waals surface area contributed by atoms with E-state index in [-0.39, 0.29) is 5.91 Å². The van der Waals surface area contributed by atoms with Crippen LogP contribution < -0.4 is 0 Å². The number of unbranched alkanes of at least 4 members (excludes halogenated alkanes) is 5. The number of allylic oxidation sites excluding steroid dienone is 4. The highest BCUT2D eigenvalue weighted by atomic mass is 16.2. The van der Waals surface area contributed by atoms with Crippen molar-refractivity contribution in [3.05, 3.63) is 72.8 Å². The first kappa shape index (κ1) is 19.3. The normalized spacial score (nSPS) is 19.1. The number of nitrogens with zero attached hydrogens (tertiary/aromatic N) is 2. The maximum Gasteiger partial charge on any atom is 0.242 e. The monoisotopic (exact) mass is 362 g/mol. The predicted octanol–water partition coefficient (Wildman–Crippen LogP) is 6.30. The lowest BCUT2D eigenvalue weighted by Crippen LogP contribution is -2.34. The highest BCUT2D eigenvalue weighted by Gasteiger charge is 2.37. The molecule has 0 saturated carbocycles. The summed E-state index contributed by atoms with van der Waals surface area (Å²) in [7, 11) is 0. The van der Waals surface area contributed by atoms with Crippen molar-refractivity contribution in [2.45, 2.75) is 58.3 Å². The van der Waals surface area contributed by atoms with Gasteiger partial charge < -0.3 is 0 Å². The minimum Gasteiger partial charge on any atom is -0.276 e. The maximum atomic E-state index is 13.2. The molecule has 3 nitrogen and oxygen atoms in total. The Morgan fingerprint density at radius 2 is 1.89 bits per heavy atom. The van der Waals surface area contributed by atoms with Crippen molar-refractivity contribution >= 4 is 11.5 Å². The topological polar surface area (TPSA) is 34.9 Å². The van der Waals surface area contributed by atoms with Gasteiger partial charge in [0.15, 0.2) is 0 Å². The third kappa shape index (κ3) is 4.85. The van der Waals surface area contributed by atoms with Gasteiger partial charge in [-0.2, -0.15) is 0 Å². The Balaban J connectivity index is 1.71. The molecule has 0 amide bonds. The summed E-state index contributed by atoms with van der Waals surface area (Å²) in [5.41, 5.74) is 1.95. The van der Waals surface area contributed by atoms with Gasteiger partial charge >= 0.3 is 0 Å². The average molecular weight is 363 g/mol. The van der Waals surface area contributed by atoms with Gasteiger partial charge in [0.2, 0.25) is 5.91 Å². The Labute approximate surface area is 162 Å². The smallest absolute Gasteiger partial charge is 0.242 e. The SMILES string of the molecule is CCCCCCCCC1(C(=O)n2ccnc2)C=CC(c2ccccc2)=CC1. The Morgan fingerprint density at radius 3 is 2.56 bits per heavy atom. The predicted molar refractivity (Wildman–Crippen MR) is 111 cm³/mol. The summed E-state index contributed by atoms with van der Waals surface area (Å²) >= 11 is 0. The number of carbonyl (C=O) groups excluding carboxylic acids is 1. The van der Waals surface area contributed by atoms with E-state index in [4.69, 9.17) is 0 Å². The van der Waals surface area contributed by atoms with Crippen LogP contribution in [-0.4, -0.2) is 15.5 Å². The molecule has 0 saturated heterocycles. The first-order valence-corrected chi connectivity index (χ1v) is 10.2. The van der Waals surface area contributed by atoms with Gasteiger partial charge in [-0.25, -0.2) is 4.98 Å². The van der Waals surface area contributed by atoms with Crippen molar-refractivity contribution in [3.8, 4) is 0 Å². The van der Waals surface area contributed by atoms with Crippen LogP contribution in [0.15, 0.2) is 67.3 Å². The van der Waals surface area contributed by atoms with E-state index < -0.39 is 5.41 Å². The van der Waals surface area contributed by atoms with E-state index in [1.165, 1.54) is 43.2 Å². The summed E-state index contributed by atoms with van der Waals surface area (Å²) in [5, 5.41) is 0. The van der Waals surface area contributed by atoms with E-state index in [1.807, 2.05) is 6.07 Å². The zero-order valence-electron chi connectivity index (χ0n) is 16.3. The fourth-order valence-corrected chi connectivity index (χ4v) is 3.83. The fraction of sp³-hybridized carbons (Fsp3) is 0.417. The molecule has 1 unspecified atom stereocenters. The number of aromatic nitrogens is 2. The van der Waals surface area contributed by atoms with Gasteiger partial charge in [-0.15, -0.1) is 0 Å². The number of imidazole rings is 1. The molecular weight excluding hydrogens is 332 g/mol. The molecule has 0 spiro atoms. The molecule has 0 N–H and O–H groups in total. The molecule has 1 atom stereocenters. The summed E-state index contributed by atoms with van der Waals surface area (Å²) in [6.45, 7) is 2.24. The molecule has 0 bridgehead atoms. The van der Waals surface area contributed by atoms with Gasteiger partial charge in [0.1, 0.15) is 6.33 Å². The molecule has 3 heteroatoms. The van der Waals surface area contributed by atoms with E-state index in [0.29, 0.717) is 0 Å². The molecule has 3 rings (SSSR count). The third-order valence-electron chi connectivity index (χ3n) is 5.52. The fourth-order valence-electron chi connectivity index (χ4n) is 3.83. The van der Waals surface area contributed by atoms with Crippen molar-refractivity contribution in [1.29, 1.82) is 0 Å². The number of carbonyl (C=O) groups is 1. The average Bonchev–Trinajstić information content (AvgIpc) is 3.26. The summed E-state index contributed by atoms with van der Waals surface area (Å²) in [6.07, 6.45) is 20.6. The van der Waals surface area contributed by atoms with E-state index in [1.54, 1.807) is 23.3 Å². The van der Waals surface area contributed by atoms with Crippen LogP contribution in [0.4, 0.5) is 0 Å². The lowest BCUT2D eigenvalue weighted by atomic mass is 9.74. The molecule has 27 heavy (non-hydrogen) atoms. The summed E-state index contributed by atoms with van der Waals surface area (Å²) < 4.78 is 1.64.